The fourth-order valence-corrected chi connectivity index (χ4v) is 2.75. The van der Waals surface area contributed by atoms with Gasteiger partial charge in [0.15, 0.2) is 11.2 Å². The van der Waals surface area contributed by atoms with E-state index in [1.807, 2.05) is 0 Å². The van der Waals surface area contributed by atoms with Crippen LogP contribution in [-0.2, 0) is 10.3 Å². The number of aromatic nitrogens is 2. The van der Waals surface area contributed by atoms with Crippen LogP contribution in [0.25, 0.3) is 0 Å². The van der Waals surface area contributed by atoms with Gasteiger partial charge in [-0.3, -0.25) is 9.79 Å². The maximum Gasteiger partial charge on any atom is 0.279 e. The van der Waals surface area contributed by atoms with Gasteiger partial charge < -0.3 is 20.5 Å². The number of halogens is 3. The SMILES string of the molecule is COc1nccnc1C(=O)Nc1ccc(F)c([C@]2(C(F)F)COCC(N)=N2)c1. The number of methoxy groups -OCH3 is 1. The van der Waals surface area contributed by atoms with E-state index in [2.05, 4.69) is 20.3 Å². The molecule has 0 fully saturated rings. The molecule has 3 rings (SSSR count). The summed E-state index contributed by atoms with van der Waals surface area (Å²) in [6, 6.07) is 3.23. The predicted molar refractivity (Wildman–Crippen MR) is 93.1 cm³/mol. The van der Waals surface area contributed by atoms with Crippen molar-refractivity contribution in [3.63, 3.8) is 0 Å². The predicted octanol–water partition coefficient (Wildman–Crippen LogP) is 1.72. The summed E-state index contributed by atoms with van der Waals surface area (Å²) in [4.78, 5) is 23.9. The van der Waals surface area contributed by atoms with Crippen LogP contribution in [-0.4, -0.2) is 48.5 Å². The Labute approximate surface area is 157 Å². The number of amides is 1. The van der Waals surface area contributed by atoms with E-state index >= 15 is 0 Å². The van der Waals surface area contributed by atoms with Crippen LogP contribution in [0.4, 0.5) is 18.9 Å². The third kappa shape index (κ3) is 3.60. The molecule has 3 N–H and O–H groups in total. The number of nitrogens with two attached hydrogens (primary N) is 1. The van der Waals surface area contributed by atoms with Gasteiger partial charge in [-0.15, -0.1) is 0 Å². The number of ether oxygens (including phenoxy) is 2. The molecule has 2 aromatic rings. The lowest BCUT2D eigenvalue weighted by Gasteiger charge is -2.33. The minimum Gasteiger partial charge on any atom is -0.479 e. The van der Waals surface area contributed by atoms with E-state index < -0.39 is 35.9 Å². The molecular weight excluding hydrogens is 379 g/mol. The average Bonchev–Trinajstić information content (AvgIpc) is 2.69. The standard InChI is InChI=1S/C17H16F3N5O3/c1-27-15-13(22-4-5-23-15)14(26)24-9-2-3-11(18)10(6-9)17(16(19)20)8-28-7-12(21)25-17/h2-6,16H,7-8H2,1H3,(H2,21,25)(H,24,26)/t17-/m0/s1. The molecule has 0 saturated heterocycles. The van der Waals surface area contributed by atoms with Crippen LogP contribution < -0.4 is 15.8 Å². The third-order valence-corrected chi connectivity index (χ3v) is 4.04. The minimum absolute atomic E-state index is 0.0237. The van der Waals surface area contributed by atoms with Crippen molar-refractivity contribution in [2.75, 3.05) is 25.6 Å². The molecule has 1 aliphatic heterocycles. The summed E-state index contributed by atoms with van der Waals surface area (Å²) in [5.41, 5.74) is 2.70. The van der Waals surface area contributed by atoms with Crippen molar-refractivity contribution in [1.29, 1.82) is 0 Å². The van der Waals surface area contributed by atoms with Gasteiger partial charge in [0.2, 0.25) is 5.88 Å². The number of nitrogens with one attached hydrogen (secondary N) is 1. The van der Waals surface area contributed by atoms with E-state index in [0.29, 0.717) is 0 Å². The first-order valence-corrected chi connectivity index (χ1v) is 8.04. The Kier molecular flexibility index (Phi) is 5.45. The zero-order valence-corrected chi connectivity index (χ0v) is 14.7. The fraction of sp³-hybridized carbons (Fsp3) is 0.294. The quantitative estimate of drug-likeness (QED) is 0.798. The Balaban J connectivity index is 1.98. The summed E-state index contributed by atoms with van der Waals surface area (Å²) in [5.74, 6) is -1.84. The third-order valence-electron chi connectivity index (χ3n) is 4.04. The topological polar surface area (TPSA) is 112 Å². The average molecular weight is 395 g/mol. The second-order valence-electron chi connectivity index (χ2n) is 5.88. The molecule has 1 amide bonds. The van der Waals surface area contributed by atoms with E-state index in [1.165, 1.54) is 25.6 Å². The maximum atomic E-state index is 14.4. The van der Waals surface area contributed by atoms with Gasteiger partial charge in [0.25, 0.3) is 12.3 Å². The molecule has 28 heavy (non-hydrogen) atoms. The van der Waals surface area contributed by atoms with Crippen molar-refractivity contribution in [3.05, 3.63) is 47.7 Å². The van der Waals surface area contributed by atoms with Crippen LogP contribution in [0.2, 0.25) is 0 Å². The Morgan fingerprint density at radius 1 is 1.36 bits per heavy atom. The number of aliphatic imine (C=N–C) groups is 1. The minimum atomic E-state index is -3.09. The monoisotopic (exact) mass is 395 g/mol. The zero-order valence-electron chi connectivity index (χ0n) is 14.7. The van der Waals surface area contributed by atoms with Crippen molar-refractivity contribution in [2.24, 2.45) is 10.7 Å². The number of hydrogen-bond acceptors (Lipinski definition) is 7. The molecule has 0 spiro atoms. The van der Waals surface area contributed by atoms with Gasteiger partial charge in [-0.2, -0.15) is 0 Å². The number of alkyl halides is 2. The normalized spacial score (nSPS) is 19.2. The highest BCUT2D eigenvalue weighted by atomic mass is 19.3. The summed E-state index contributed by atoms with van der Waals surface area (Å²) in [5, 5.41) is 2.45. The van der Waals surface area contributed by atoms with E-state index in [9.17, 15) is 18.0 Å². The molecule has 0 unspecified atom stereocenters. The van der Waals surface area contributed by atoms with E-state index in [4.69, 9.17) is 15.2 Å². The molecule has 11 heteroatoms. The molecule has 1 aromatic carbocycles. The highest BCUT2D eigenvalue weighted by molar-refractivity contribution is 6.04. The van der Waals surface area contributed by atoms with E-state index in [-0.39, 0.29) is 29.7 Å². The molecule has 1 aliphatic rings. The first-order valence-electron chi connectivity index (χ1n) is 8.04. The summed E-state index contributed by atoms with van der Waals surface area (Å²) >= 11 is 0. The number of nitrogens with zero attached hydrogens (tertiary/aromatic N) is 3. The maximum absolute atomic E-state index is 14.4. The number of anilines is 1. The van der Waals surface area contributed by atoms with Gasteiger partial charge in [0.05, 0.1) is 13.7 Å². The van der Waals surface area contributed by atoms with Gasteiger partial charge in [0, 0.05) is 23.6 Å². The summed E-state index contributed by atoms with van der Waals surface area (Å²) in [6.07, 6.45) is -0.466. The summed E-state index contributed by atoms with van der Waals surface area (Å²) < 4.78 is 52.1. The summed E-state index contributed by atoms with van der Waals surface area (Å²) in [7, 11) is 1.31. The van der Waals surface area contributed by atoms with Crippen molar-refractivity contribution < 1.29 is 27.4 Å². The first-order chi connectivity index (χ1) is 13.4. The van der Waals surface area contributed by atoms with Crippen molar-refractivity contribution >= 4 is 17.4 Å². The Morgan fingerprint density at radius 3 is 2.79 bits per heavy atom. The van der Waals surface area contributed by atoms with E-state index in [0.717, 1.165) is 12.1 Å². The van der Waals surface area contributed by atoms with Gasteiger partial charge in [-0.1, -0.05) is 0 Å². The van der Waals surface area contributed by atoms with Gasteiger partial charge in [-0.25, -0.2) is 23.1 Å². The van der Waals surface area contributed by atoms with Crippen LogP contribution in [0.3, 0.4) is 0 Å². The molecule has 8 nitrogen and oxygen atoms in total. The Bertz CT molecular complexity index is 925. The van der Waals surface area contributed by atoms with E-state index in [1.54, 1.807) is 0 Å². The largest absolute Gasteiger partial charge is 0.479 e. The van der Waals surface area contributed by atoms with Crippen molar-refractivity contribution in [3.8, 4) is 5.88 Å². The van der Waals surface area contributed by atoms with Gasteiger partial charge in [0.1, 0.15) is 18.3 Å². The van der Waals surface area contributed by atoms with Crippen LogP contribution in [0.15, 0.2) is 35.6 Å². The zero-order chi connectivity index (χ0) is 20.3. The smallest absolute Gasteiger partial charge is 0.279 e. The highest BCUT2D eigenvalue weighted by Gasteiger charge is 2.46. The number of hydrogen-bond donors (Lipinski definition) is 2. The summed E-state index contributed by atoms with van der Waals surface area (Å²) in [6.45, 7) is -0.684. The van der Waals surface area contributed by atoms with Crippen molar-refractivity contribution in [1.82, 2.24) is 9.97 Å². The molecule has 2 heterocycles. The Morgan fingerprint density at radius 2 is 2.11 bits per heavy atom. The van der Waals surface area contributed by atoms with Crippen LogP contribution >= 0.6 is 0 Å². The number of carbonyl (C=O) groups is 1. The van der Waals surface area contributed by atoms with Crippen LogP contribution in [0.1, 0.15) is 16.1 Å². The number of rotatable bonds is 5. The second-order valence-corrected chi connectivity index (χ2v) is 5.88. The van der Waals surface area contributed by atoms with Gasteiger partial charge >= 0.3 is 0 Å². The number of benzene rings is 1. The second kappa shape index (κ2) is 7.80. The molecule has 0 bridgehead atoms. The lowest BCUT2D eigenvalue weighted by atomic mass is 9.90. The van der Waals surface area contributed by atoms with Crippen LogP contribution in [0, 0.1) is 5.82 Å². The molecule has 0 saturated carbocycles. The lowest BCUT2D eigenvalue weighted by molar-refractivity contribution is -0.0145. The van der Waals surface area contributed by atoms with Crippen LogP contribution in [0.5, 0.6) is 5.88 Å². The van der Waals surface area contributed by atoms with Gasteiger partial charge in [-0.05, 0) is 18.2 Å². The Hall–Kier alpha value is -3.21. The van der Waals surface area contributed by atoms with Crippen molar-refractivity contribution in [2.45, 2.75) is 12.0 Å². The molecular formula is C17H16F3N5O3. The molecule has 0 aliphatic carbocycles. The molecule has 1 atom stereocenters. The number of carbonyl (C=O) groups excluding carboxylic acids is 1. The molecule has 148 valence electrons. The first kappa shape index (κ1) is 19.5. The highest BCUT2D eigenvalue weighted by Crippen LogP contribution is 2.38. The lowest BCUT2D eigenvalue weighted by Crippen LogP contribution is -2.45. The molecule has 0 radical (unpaired) electrons. The fourth-order valence-electron chi connectivity index (χ4n) is 2.75. The number of amidine groups is 1. The molecule has 1 aromatic heterocycles.